The van der Waals surface area contributed by atoms with Gasteiger partial charge in [-0.2, -0.15) is 0 Å². The summed E-state index contributed by atoms with van der Waals surface area (Å²) in [5.74, 6) is 2.79. The highest BCUT2D eigenvalue weighted by Crippen LogP contribution is 2.21. The van der Waals surface area contributed by atoms with E-state index in [1.165, 1.54) is 9.47 Å². The number of imidazole rings is 1. The molecule has 0 atom stereocenters. The summed E-state index contributed by atoms with van der Waals surface area (Å²) in [6, 6.07) is 7.59. The van der Waals surface area contributed by atoms with Gasteiger partial charge in [-0.3, -0.25) is 4.57 Å². The lowest BCUT2D eigenvalue weighted by Crippen LogP contribution is -2.51. The molecule has 0 radical (unpaired) electrons. The lowest BCUT2D eigenvalue weighted by atomic mass is 10.2. The Morgan fingerprint density at radius 3 is 2.57 bits per heavy atom. The zero-order valence-corrected chi connectivity index (χ0v) is 16.4. The number of hydrogen-bond acceptors (Lipinski definition) is 7. The van der Waals surface area contributed by atoms with Crippen LogP contribution < -0.4 is 25.5 Å². The van der Waals surface area contributed by atoms with Crippen LogP contribution in [-0.4, -0.2) is 64.7 Å². The number of ether oxygens (including phenoxy) is 1. The van der Waals surface area contributed by atoms with Gasteiger partial charge >= 0.3 is 11.8 Å². The zero-order chi connectivity index (χ0) is 21.1. The molecule has 10 nitrogen and oxygen atoms in total. The summed E-state index contributed by atoms with van der Waals surface area (Å²) in [6.07, 6.45) is 4.52. The normalized spacial score (nSPS) is 16.0. The predicted molar refractivity (Wildman–Crippen MR) is 109 cm³/mol. The molecule has 1 aromatic carbocycles. The third-order valence-electron chi connectivity index (χ3n) is 5.22. The molecule has 4 rings (SSSR count). The van der Waals surface area contributed by atoms with Crippen molar-refractivity contribution in [1.82, 2.24) is 19.5 Å². The van der Waals surface area contributed by atoms with E-state index in [-0.39, 0.29) is 12.5 Å². The SMILES string of the molecule is C#CCOc1ccc(N2CCN(C(=O)On3c(O)c4n(c3=O)CCNC4)CC2)cc1. The van der Waals surface area contributed by atoms with Crippen LogP contribution in [-0.2, 0) is 13.1 Å². The number of carbonyl (C=O) groups is 1. The fourth-order valence-electron chi connectivity index (χ4n) is 3.60. The number of aromatic hydroxyl groups is 1. The molecule has 1 amide bonds. The average Bonchev–Trinajstić information content (AvgIpc) is 3.03. The number of fused-ring (bicyclic) bond motifs is 1. The number of benzene rings is 1. The molecule has 10 heteroatoms. The van der Waals surface area contributed by atoms with Crippen LogP contribution in [0.2, 0.25) is 0 Å². The maximum absolute atomic E-state index is 12.5. The quantitative estimate of drug-likeness (QED) is 0.672. The Hall–Kier alpha value is -3.58. The number of piperazine rings is 1. The largest absolute Gasteiger partial charge is 0.491 e. The minimum Gasteiger partial charge on any atom is -0.491 e. The van der Waals surface area contributed by atoms with Gasteiger partial charge in [0, 0.05) is 51.5 Å². The first kappa shape index (κ1) is 19.7. The minimum absolute atomic E-state index is 0.222. The van der Waals surface area contributed by atoms with Crippen LogP contribution in [0, 0.1) is 12.3 Å². The molecule has 0 spiro atoms. The lowest BCUT2D eigenvalue weighted by Gasteiger charge is -2.35. The van der Waals surface area contributed by atoms with Crippen molar-refractivity contribution < 1.29 is 19.5 Å². The number of amides is 1. The summed E-state index contributed by atoms with van der Waals surface area (Å²) in [5, 5.41) is 13.3. The standard InChI is InChI=1S/C20H23N5O5/c1-2-13-29-16-5-3-15(4-6-16)22-9-11-23(12-10-22)20(28)30-25-18(26)17-14-21-7-8-24(17)19(25)27/h1,3-6,21,26H,7-14H2. The van der Waals surface area contributed by atoms with Crippen molar-refractivity contribution in [2.75, 3.05) is 44.2 Å². The number of nitrogens with one attached hydrogen (secondary N) is 1. The molecule has 1 aromatic heterocycles. The van der Waals surface area contributed by atoms with Gasteiger partial charge in [0.1, 0.15) is 12.4 Å². The molecule has 1 fully saturated rings. The molecular formula is C20H23N5O5. The lowest BCUT2D eigenvalue weighted by molar-refractivity contribution is 0.0773. The van der Waals surface area contributed by atoms with Crippen LogP contribution in [0.1, 0.15) is 5.69 Å². The number of aromatic nitrogens is 2. The van der Waals surface area contributed by atoms with Crippen molar-refractivity contribution >= 4 is 11.8 Å². The number of anilines is 1. The summed E-state index contributed by atoms with van der Waals surface area (Å²) in [6.45, 7) is 3.67. The molecular weight excluding hydrogens is 390 g/mol. The van der Waals surface area contributed by atoms with Crippen molar-refractivity contribution in [3.8, 4) is 24.0 Å². The minimum atomic E-state index is -0.666. The summed E-state index contributed by atoms with van der Waals surface area (Å²) in [5.41, 5.74) is 0.874. The van der Waals surface area contributed by atoms with E-state index in [1.807, 2.05) is 24.3 Å². The van der Waals surface area contributed by atoms with E-state index in [2.05, 4.69) is 16.1 Å². The zero-order valence-electron chi connectivity index (χ0n) is 16.4. The maximum Gasteiger partial charge on any atom is 0.434 e. The molecule has 2 aliphatic heterocycles. The van der Waals surface area contributed by atoms with Gasteiger partial charge in [-0.05, 0) is 24.3 Å². The molecule has 2 aromatic rings. The Balaban J connectivity index is 1.35. The molecule has 1 saturated heterocycles. The second-order valence-electron chi connectivity index (χ2n) is 6.99. The summed E-state index contributed by atoms with van der Waals surface area (Å²) < 4.78 is 7.46. The Morgan fingerprint density at radius 2 is 1.90 bits per heavy atom. The van der Waals surface area contributed by atoms with E-state index in [0.29, 0.717) is 62.0 Å². The molecule has 2 N–H and O–H groups in total. The first-order valence-electron chi connectivity index (χ1n) is 9.71. The van der Waals surface area contributed by atoms with Gasteiger partial charge in [-0.25, -0.2) is 9.59 Å². The van der Waals surface area contributed by atoms with Gasteiger partial charge in [0.15, 0.2) is 0 Å². The molecule has 0 saturated carbocycles. The highest BCUT2D eigenvalue weighted by atomic mass is 16.7. The van der Waals surface area contributed by atoms with Gasteiger partial charge in [0.2, 0.25) is 0 Å². The number of carbonyl (C=O) groups excluding carboxylic acids is 1. The maximum atomic E-state index is 12.5. The Labute approximate surface area is 173 Å². The van der Waals surface area contributed by atoms with Crippen LogP contribution >= 0.6 is 0 Å². The second kappa shape index (κ2) is 8.42. The first-order chi connectivity index (χ1) is 14.6. The molecule has 30 heavy (non-hydrogen) atoms. The highest BCUT2D eigenvalue weighted by molar-refractivity contribution is 5.68. The van der Waals surface area contributed by atoms with E-state index in [9.17, 15) is 14.7 Å². The van der Waals surface area contributed by atoms with E-state index < -0.39 is 11.8 Å². The van der Waals surface area contributed by atoms with Crippen LogP contribution in [0.3, 0.4) is 0 Å². The van der Waals surface area contributed by atoms with Crippen molar-refractivity contribution in [3.63, 3.8) is 0 Å². The summed E-state index contributed by atoms with van der Waals surface area (Å²) in [4.78, 5) is 33.8. The molecule has 0 unspecified atom stereocenters. The average molecular weight is 413 g/mol. The number of nitrogens with zero attached hydrogens (tertiary/aromatic N) is 4. The third-order valence-corrected chi connectivity index (χ3v) is 5.22. The van der Waals surface area contributed by atoms with Crippen LogP contribution in [0.15, 0.2) is 29.1 Å². The molecule has 158 valence electrons. The van der Waals surface area contributed by atoms with Crippen LogP contribution in [0.4, 0.5) is 10.5 Å². The van der Waals surface area contributed by atoms with Gasteiger partial charge in [-0.15, -0.1) is 6.42 Å². The molecule has 3 heterocycles. The second-order valence-corrected chi connectivity index (χ2v) is 6.99. The van der Waals surface area contributed by atoms with Gasteiger partial charge in [0.25, 0.3) is 5.88 Å². The predicted octanol–water partition coefficient (Wildman–Crippen LogP) is -0.159. The van der Waals surface area contributed by atoms with E-state index in [4.69, 9.17) is 16.0 Å². The third kappa shape index (κ3) is 3.79. The first-order valence-corrected chi connectivity index (χ1v) is 9.71. The van der Waals surface area contributed by atoms with E-state index in [0.717, 1.165) is 5.69 Å². The Bertz CT molecular complexity index is 1010. The fraction of sp³-hybridized carbons (Fsp3) is 0.400. The topological polar surface area (TPSA) is 101 Å². The van der Waals surface area contributed by atoms with Crippen LogP contribution in [0.25, 0.3) is 0 Å². The fourth-order valence-corrected chi connectivity index (χ4v) is 3.60. The summed E-state index contributed by atoms with van der Waals surface area (Å²) >= 11 is 0. The Morgan fingerprint density at radius 1 is 1.17 bits per heavy atom. The smallest absolute Gasteiger partial charge is 0.434 e. The van der Waals surface area contributed by atoms with Crippen LogP contribution in [0.5, 0.6) is 11.6 Å². The molecule has 2 aliphatic rings. The number of hydrogen-bond donors (Lipinski definition) is 2. The summed E-state index contributed by atoms with van der Waals surface area (Å²) in [7, 11) is 0. The van der Waals surface area contributed by atoms with E-state index in [1.54, 1.807) is 0 Å². The van der Waals surface area contributed by atoms with Crippen molar-refractivity contribution in [3.05, 3.63) is 40.4 Å². The van der Waals surface area contributed by atoms with E-state index >= 15 is 0 Å². The van der Waals surface area contributed by atoms with Gasteiger partial charge < -0.3 is 29.8 Å². The number of rotatable bonds is 4. The van der Waals surface area contributed by atoms with Crippen molar-refractivity contribution in [2.45, 2.75) is 13.1 Å². The van der Waals surface area contributed by atoms with Crippen molar-refractivity contribution in [2.24, 2.45) is 0 Å². The number of terminal acetylenes is 1. The highest BCUT2D eigenvalue weighted by Gasteiger charge is 2.28. The van der Waals surface area contributed by atoms with Gasteiger partial charge in [-0.1, -0.05) is 10.7 Å². The van der Waals surface area contributed by atoms with Gasteiger partial charge in [0.05, 0.1) is 5.69 Å². The van der Waals surface area contributed by atoms with Crippen molar-refractivity contribution in [1.29, 1.82) is 0 Å². The Kier molecular flexibility index (Phi) is 5.54. The monoisotopic (exact) mass is 413 g/mol. The molecule has 0 aliphatic carbocycles. The molecule has 0 bridgehead atoms.